The lowest BCUT2D eigenvalue weighted by Crippen LogP contribution is -2.29. The second-order valence-electron chi connectivity index (χ2n) is 7.36. The van der Waals surface area contributed by atoms with Crippen molar-refractivity contribution in [3.8, 4) is 11.3 Å². The normalized spacial score (nSPS) is 20.6. The van der Waals surface area contributed by atoms with Gasteiger partial charge in [0.2, 0.25) is 0 Å². The molecule has 2 aliphatic rings. The van der Waals surface area contributed by atoms with E-state index >= 15 is 0 Å². The van der Waals surface area contributed by atoms with Crippen LogP contribution in [0, 0.1) is 11.7 Å². The molecule has 5 nitrogen and oxygen atoms in total. The smallest absolute Gasteiger partial charge is 0.253 e. The van der Waals surface area contributed by atoms with Gasteiger partial charge < -0.3 is 4.90 Å². The average molecular weight is 362 g/mol. The fourth-order valence-corrected chi connectivity index (χ4v) is 4.55. The molecule has 1 aliphatic heterocycles. The van der Waals surface area contributed by atoms with Gasteiger partial charge in [-0.05, 0) is 36.6 Å². The summed E-state index contributed by atoms with van der Waals surface area (Å²) in [4.78, 5) is 18.7. The highest BCUT2D eigenvalue weighted by Gasteiger charge is 2.45. The van der Waals surface area contributed by atoms with Crippen molar-refractivity contribution < 1.29 is 9.18 Å². The van der Waals surface area contributed by atoms with Crippen molar-refractivity contribution in [2.24, 2.45) is 13.0 Å². The number of aryl methyl sites for hydroxylation is 1. The summed E-state index contributed by atoms with van der Waals surface area (Å²) in [5.74, 6) is 0.423. The zero-order valence-corrected chi connectivity index (χ0v) is 15.0. The lowest BCUT2D eigenvalue weighted by Gasteiger charge is -2.17. The highest BCUT2D eigenvalue weighted by atomic mass is 19.1. The molecule has 2 aromatic heterocycles. The molecule has 0 bridgehead atoms. The van der Waals surface area contributed by atoms with Crippen molar-refractivity contribution in [2.45, 2.75) is 12.3 Å². The van der Waals surface area contributed by atoms with Crippen LogP contribution in [0.15, 0.2) is 48.8 Å². The van der Waals surface area contributed by atoms with Gasteiger partial charge in [-0.2, -0.15) is 5.10 Å². The van der Waals surface area contributed by atoms with Crippen molar-refractivity contribution in [2.75, 3.05) is 13.1 Å². The molecule has 0 unspecified atom stereocenters. The first kappa shape index (κ1) is 16.2. The minimum absolute atomic E-state index is 0.0459. The van der Waals surface area contributed by atoms with Gasteiger partial charge in [-0.3, -0.25) is 14.5 Å². The molecular weight excluding hydrogens is 343 g/mol. The molecule has 3 aromatic rings. The number of carbonyl (C=O) groups excluding carboxylic acids is 1. The van der Waals surface area contributed by atoms with Gasteiger partial charge in [-0.1, -0.05) is 12.1 Å². The zero-order valence-electron chi connectivity index (χ0n) is 15.0. The molecule has 5 rings (SSSR count). The summed E-state index contributed by atoms with van der Waals surface area (Å²) < 4.78 is 15.7. The molecule has 27 heavy (non-hydrogen) atoms. The third-order valence-electron chi connectivity index (χ3n) is 5.79. The summed E-state index contributed by atoms with van der Waals surface area (Å²) in [7, 11) is 1.95. The number of aromatic nitrogens is 3. The van der Waals surface area contributed by atoms with Crippen molar-refractivity contribution in [3.63, 3.8) is 0 Å². The van der Waals surface area contributed by atoms with E-state index < -0.39 is 0 Å². The van der Waals surface area contributed by atoms with Crippen LogP contribution in [-0.4, -0.2) is 38.7 Å². The third-order valence-corrected chi connectivity index (χ3v) is 5.79. The molecule has 0 saturated carbocycles. The summed E-state index contributed by atoms with van der Waals surface area (Å²) in [5, 5.41) is 4.67. The standard InChI is InChI=1S/C21H19FN4O/c1-25-18-10-15-11-26(21(27)13-5-7-23-8-6-13)12-17(15)19(18)20(24-25)14-3-2-4-16(22)9-14/h2-9,15,17H,10-12H2,1H3/t15-,17+/m0/s1. The molecule has 0 spiro atoms. The van der Waals surface area contributed by atoms with E-state index in [1.807, 2.05) is 22.7 Å². The predicted octanol–water partition coefficient (Wildman–Crippen LogP) is 3.03. The van der Waals surface area contributed by atoms with E-state index in [1.54, 1.807) is 30.6 Å². The number of fused-ring (bicyclic) bond motifs is 3. The van der Waals surface area contributed by atoms with Crippen LogP contribution in [0.4, 0.5) is 4.39 Å². The van der Waals surface area contributed by atoms with E-state index in [1.165, 1.54) is 23.4 Å². The monoisotopic (exact) mass is 362 g/mol. The Kier molecular flexibility index (Phi) is 3.60. The van der Waals surface area contributed by atoms with Crippen LogP contribution in [-0.2, 0) is 13.5 Å². The van der Waals surface area contributed by atoms with E-state index in [2.05, 4.69) is 10.1 Å². The number of halogens is 1. The van der Waals surface area contributed by atoms with Gasteiger partial charge >= 0.3 is 0 Å². The van der Waals surface area contributed by atoms with Crippen LogP contribution in [0.25, 0.3) is 11.3 Å². The Morgan fingerprint density at radius 1 is 1.19 bits per heavy atom. The predicted molar refractivity (Wildman–Crippen MR) is 98.7 cm³/mol. The summed E-state index contributed by atoms with van der Waals surface area (Å²) >= 11 is 0. The highest BCUT2D eigenvalue weighted by molar-refractivity contribution is 5.94. The number of likely N-dealkylation sites (tertiary alicyclic amines) is 1. The summed E-state index contributed by atoms with van der Waals surface area (Å²) in [5.41, 5.74) is 4.70. The topological polar surface area (TPSA) is 51.0 Å². The van der Waals surface area contributed by atoms with Gasteiger partial charge in [0.1, 0.15) is 5.82 Å². The van der Waals surface area contributed by atoms with Gasteiger partial charge in [0, 0.05) is 60.8 Å². The van der Waals surface area contributed by atoms with Crippen molar-refractivity contribution in [1.82, 2.24) is 19.7 Å². The first-order valence-corrected chi connectivity index (χ1v) is 9.13. The quantitative estimate of drug-likeness (QED) is 0.704. The third kappa shape index (κ3) is 2.55. The number of hydrogen-bond acceptors (Lipinski definition) is 3. The van der Waals surface area contributed by atoms with Gasteiger partial charge in [0.15, 0.2) is 0 Å². The van der Waals surface area contributed by atoms with Crippen LogP contribution in [0.1, 0.15) is 27.5 Å². The maximum absolute atomic E-state index is 13.7. The number of rotatable bonds is 2. The van der Waals surface area contributed by atoms with Crippen LogP contribution in [0.2, 0.25) is 0 Å². The number of hydrogen-bond donors (Lipinski definition) is 0. The molecule has 1 amide bonds. The first-order chi connectivity index (χ1) is 13.1. The molecule has 1 saturated heterocycles. The number of nitrogens with zero attached hydrogens (tertiary/aromatic N) is 4. The lowest BCUT2D eigenvalue weighted by molar-refractivity contribution is 0.0785. The summed E-state index contributed by atoms with van der Waals surface area (Å²) in [6.45, 7) is 1.41. The SMILES string of the molecule is Cn1nc(-c2cccc(F)c2)c2c1C[C@H]1CN(C(=O)c3ccncc3)C[C@@H]21. The Labute approximate surface area is 156 Å². The van der Waals surface area contributed by atoms with Gasteiger partial charge in [0.25, 0.3) is 5.91 Å². The van der Waals surface area contributed by atoms with Crippen LogP contribution in [0.5, 0.6) is 0 Å². The van der Waals surface area contributed by atoms with Crippen LogP contribution >= 0.6 is 0 Å². The van der Waals surface area contributed by atoms with Gasteiger partial charge in [-0.25, -0.2) is 4.39 Å². The molecule has 2 atom stereocenters. The average Bonchev–Trinajstić information content (AvgIpc) is 3.33. The maximum Gasteiger partial charge on any atom is 0.253 e. The molecule has 6 heteroatoms. The van der Waals surface area contributed by atoms with Crippen molar-refractivity contribution >= 4 is 5.91 Å². The second kappa shape index (κ2) is 6.01. The zero-order chi connectivity index (χ0) is 18.5. The fraction of sp³-hybridized carbons (Fsp3) is 0.286. The molecule has 0 radical (unpaired) electrons. The van der Waals surface area contributed by atoms with Crippen LogP contribution < -0.4 is 0 Å². The first-order valence-electron chi connectivity index (χ1n) is 9.13. The Morgan fingerprint density at radius 3 is 2.78 bits per heavy atom. The molecular formula is C21H19FN4O. The van der Waals surface area contributed by atoms with E-state index in [0.29, 0.717) is 18.0 Å². The van der Waals surface area contributed by atoms with E-state index in [0.717, 1.165) is 24.2 Å². The van der Waals surface area contributed by atoms with E-state index in [4.69, 9.17) is 0 Å². The Bertz CT molecular complexity index is 1030. The number of carbonyl (C=O) groups is 1. The number of pyridine rings is 1. The van der Waals surface area contributed by atoms with Crippen molar-refractivity contribution in [1.29, 1.82) is 0 Å². The van der Waals surface area contributed by atoms with Gasteiger partial charge in [0.05, 0.1) is 5.69 Å². The molecule has 3 heterocycles. The van der Waals surface area contributed by atoms with Crippen LogP contribution in [0.3, 0.4) is 0 Å². The van der Waals surface area contributed by atoms with Crippen molar-refractivity contribution in [3.05, 3.63) is 71.4 Å². The number of amides is 1. The lowest BCUT2D eigenvalue weighted by atomic mass is 9.94. The highest BCUT2D eigenvalue weighted by Crippen LogP contribution is 2.47. The fourth-order valence-electron chi connectivity index (χ4n) is 4.55. The van der Waals surface area contributed by atoms with E-state index in [-0.39, 0.29) is 17.6 Å². The Hall–Kier alpha value is -3.02. The largest absolute Gasteiger partial charge is 0.338 e. The summed E-state index contributed by atoms with van der Waals surface area (Å²) in [6.07, 6.45) is 4.19. The molecule has 136 valence electrons. The maximum atomic E-state index is 13.7. The molecule has 1 aliphatic carbocycles. The van der Waals surface area contributed by atoms with Gasteiger partial charge in [-0.15, -0.1) is 0 Å². The summed E-state index contributed by atoms with van der Waals surface area (Å²) in [6, 6.07) is 10.1. The molecule has 1 fully saturated rings. The molecule has 1 aromatic carbocycles. The Morgan fingerprint density at radius 2 is 2.00 bits per heavy atom. The minimum atomic E-state index is -0.262. The Balaban J connectivity index is 1.49. The van der Waals surface area contributed by atoms with E-state index in [9.17, 15) is 9.18 Å². The second-order valence-corrected chi connectivity index (χ2v) is 7.36. The molecule has 0 N–H and O–H groups in total. The minimum Gasteiger partial charge on any atom is -0.338 e. The number of benzene rings is 1.